The molecule has 0 aromatic carbocycles. The van der Waals surface area contributed by atoms with E-state index in [2.05, 4.69) is 52.5 Å². The molecule has 2 rings (SSSR count). The molecule has 2 aromatic rings. The van der Waals surface area contributed by atoms with Gasteiger partial charge in [-0.1, -0.05) is 21.6 Å². The monoisotopic (exact) mass is 1180 g/mol. The second kappa shape index (κ2) is 34.9. The highest BCUT2D eigenvalue weighted by Gasteiger charge is 2.29. The highest BCUT2D eigenvalue weighted by atomic mass is 33.1. The summed E-state index contributed by atoms with van der Waals surface area (Å²) in [5.41, 5.74) is -2.23. The summed E-state index contributed by atoms with van der Waals surface area (Å²) in [6.07, 6.45) is 1.56. The Kier molecular flexibility index (Phi) is 30.2. The first-order chi connectivity index (χ1) is 37.0. The molecule has 0 spiro atoms. The van der Waals surface area contributed by atoms with E-state index in [-0.39, 0.29) is 104 Å². The molecule has 0 bridgehead atoms. The van der Waals surface area contributed by atoms with Gasteiger partial charge in [0.2, 0.25) is 47.3 Å². The summed E-state index contributed by atoms with van der Waals surface area (Å²) in [4.78, 5) is 157. The molecule has 436 valence electrons. The van der Waals surface area contributed by atoms with Gasteiger partial charge < -0.3 is 41.4 Å². The van der Waals surface area contributed by atoms with Gasteiger partial charge in [0.1, 0.15) is 35.4 Å². The smallest absolute Gasteiger partial charge is 0.408 e. The average molecular weight is 1190 g/mol. The van der Waals surface area contributed by atoms with Crippen LogP contribution in [0, 0.1) is 20.2 Å². The molecule has 4 unspecified atom stereocenters. The molecule has 32 heteroatoms. The number of nitrogens with zero attached hydrogens (tertiary/aromatic N) is 4. The van der Waals surface area contributed by atoms with Gasteiger partial charge in [0.25, 0.3) is 0 Å². The van der Waals surface area contributed by atoms with E-state index in [0.29, 0.717) is 0 Å². The minimum atomic E-state index is -1.19. The number of hydrogen-bond acceptors (Lipinski definition) is 22. The van der Waals surface area contributed by atoms with E-state index < -0.39 is 105 Å². The molecule has 8 N–H and O–H groups in total. The molecular formula is C47H68N12O16S4. The van der Waals surface area contributed by atoms with Crippen LogP contribution in [-0.4, -0.2) is 139 Å². The third kappa shape index (κ3) is 29.7. The first-order valence-electron chi connectivity index (χ1n) is 24.6. The number of nitrogens with one attached hydrogen (secondary N) is 8. The van der Waals surface area contributed by atoms with Crippen molar-refractivity contribution in [1.29, 1.82) is 0 Å². The first-order valence-corrected chi connectivity index (χ1v) is 29.2. The highest BCUT2D eigenvalue weighted by molar-refractivity contribution is 8.77. The lowest BCUT2D eigenvalue weighted by Gasteiger charge is -2.23. The van der Waals surface area contributed by atoms with Gasteiger partial charge in [-0.15, -0.1) is 0 Å². The maximum atomic E-state index is 13.3. The van der Waals surface area contributed by atoms with Crippen LogP contribution in [0.4, 0.5) is 21.0 Å². The molecule has 10 amide bonds. The molecule has 2 aromatic heterocycles. The van der Waals surface area contributed by atoms with E-state index in [9.17, 15) is 68.2 Å². The third-order valence-corrected chi connectivity index (χ3v) is 14.4. The third-order valence-electron chi connectivity index (χ3n) is 9.80. The number of rotatable bonds is 32. The second-order valence-corrected chi connectivity index (χ2v) is 23.7. The van der Waals surface area contributed by atoms with Crippen molar-refractivity contribution in [2.75, 3.05) is 24.6 Å². The van der Waals surface area contributed by atoms with Crippen LogP contribution in [-0.2, 0) is 47.8 Å². The van der Waals surface area contributed by atoms with Crippen molar-refractivity contribution in [2.24, 2.45) is 0 Å². The molecule has 0 aliphatic heterocycles. The maximum Gasteiger partial charge on any atom is 0.408 e. The minimum Gasteiger partial charge on any atom is -0.444 e. The second-order valence-electron chi connectivity index (χ2n) is 19.1. The van der Waals surface area contributed by atoms with Gasteiger partial charge in [-0.05, 0) is 120 Å². The number of nitro groups is 2. The van der Waals surface area contributed by atoms with Crippen LogP contribution in [0.25, 0.3) is 0 Å². The van der Waals surface area contributed by atoms with Crippen molar-refractivity contribution >= 4 is 114 Å². The van der Waals surface area contributed by atoms with Crippen LogP contribution in [0.1, 0.15) is 113 Å². The largest absolute Gasteiger partial charge is 0.444 e. The van der Waals surface area contributed by atoms with E-state index in [1.807, 2.05) is 0 Å². The lowest BCUT2D eigenvalue weighted by molar-refractivity contribution is -0.388. The Morgan fingerprint density at radius 3 is 1.24 bits per heavy atom. The van der Waals surface area contributed by atoms with Crippen LogP contribution in [0.5, 0.6) is 0 Å². The van der Waals surface area contributed by atoms with Gasteiger partial charge in [0.05, 0.1) is 9.85 Å². The molecule has 2 heterocycles. The number of amides is 10. The number of carbonyl (C=O) groups excluding carboxylic acids is 10. The van der Waals surface area contributed by atoms with Gasteiger partial charge in [-0.25, -0.2) is 19.6 Å². The molecule has 0 aliphatic rings. The molecule has 0 radical (unpaired) electrons. The summed E-state index contributed by atoms with van der Waals surface area (Å²) in [5.74, 6) is -5.53. The molecule has 0 fully saturated rings. The quantitative estimate of drug-likeness (QED) is 0.0219. The summed E-state index contributed by atoms with van der Waals surface area (Å²) >= 11 is 0. The number of unbranched alkanes of at least 4 members (excludes halogenated alkanes) is 2. The zero-order valence-corrected chi connectivity index (χ0v) is 48.2. The minimum absolute atomic E-state index is 0.0235. The van der Waals surface area contributed by atoms with E-state index in [1.165, 1.54) is 36.7 Å². The number of ether oxygens (including phenoxy) is 2. The number of aromatic nitrogens is 2. The van der Waals surface area contributed by atoms with Crippen molar-refractivity contribution in [3.63, 3.8) is 0 Å². The van der Waals surface area contributed by atoms with Gasteiger partial charge in [-0.3, -0.25) is 69.2 Å². The lowest BCUT2D eigenvalue weighted by atomic mass is 10.1. The van der Waals surface area contributed by atoms with E-state index in [0.717, 1.165) is 57.0 Å². The van der Waals surface area contributed by atoms with E-state index >= 15 is 0 Å². The van der Waals surface area contributed by atoms with Gasteiger partial charge >= 0.3 is 23.6 Å². The molecule has 28 nitrogen and oxygen atoms in total. The molecule has 0 saturated heterocycles. The molecule has 0 aliphatic carbocycles. The standard InChI is InChI=1S/C47H68N12O16S4/c1-28(60)52-40(66)30(16-9-11-22-48-38(64)32(56-44(68)74-46(3,4)5)26-76-78-42-34(58(70)71)18-14-24-50-42)54-36(62)20-13-21-37(63)55-31(41(67)53-29(2)61)17-10-12-23-49-39(65)33(57-45(69)75-47(6,7)8)27-77-79-43-35(59(72)73)19-15-25-51-43/h14-15,18-19,24-25,30-33H,9-13,16-17,20-23,26-27H2,1-8H3,(H,48,64)(H,49,65)(H,54,62)(H,55,63)(H,56,68)(H,57,69)(H,52,60,66)(H,53,61,67). The van der Waals surface area contributed by atoms with Crippen molar-refractivity contribution in [2.45, 2.75) is 159 Å². The Bertz CT molecular complexity index is 2310. The topological polar surface area (TPSA) is 397 Å². The van der Waals surface area contributed by atoms with Crippen molar-refractivity contribution in [3.8, 4) is 0 Å². The first kappa shape index (κ1) is 68.3. The van der Waals surface area contributed by atoms with Gasteiger partial charge in [0, 0.05) is 75.8 Å². The Morgan fingerprint density at radius 2 is 0.911 bits per heavy atom. The fraction of sp³-hybridized carbons (Fsp3) is 0.574. The Labute approximate surface area is 471 Å². The number of pyridine rings is 2. The van der Waals surface area contributed by atoms with Gasteiger partial charge in [0.15, 0.2) is 10.1 Å². The predicted octanol–water partition coefficient (Wildman–Crippen LogP) is 4.30. The van der Waals surface area contributed by atoms with Crippen LogP contribution in [0.2, 0.25) is 0 Å². The summed E-state index contributed by atoms with van der Waals surface area (Å²) in [7, 11) is 3.97. The number of hydrogen-bond donors (Lipinski definition) is 8. The SMILES string of the molecule is CC(=O)NC(=O)C(CCCCNC(=O)C(CSSc1ncccc1[N+](=O)[O-])NC(=O)OC(C)(C)C)NC(=O)CCCC(=O)NC(CCCCNC(=O)C(CSSc1ncccc1[N+](=O)[O-])NC(=O)OC(C)(C)C)C(=O)NC(C)=O. The number of imide groups is 2. The van der Waals surface area contributed by atoms with Crippen LogP contribution in [0.3, 0.4) is 0 Å². The van der Waals surface area contributed by atoms with E-state index in [1.54, 1.807) is 41.5 Å². The number of alkyl carbamates (subject to hydrolysis) is 2. The summed E-state index contributed by atoms with van der Waals surface area (Å²) in [6.45, 7) is 12.2. The molecule has 4 atom stereocenters. The summed E-state index contributed by atoms with van der Waals surface area (Å²) in [6, 6.07) is 0.723. The van der Waals surface area contributed by atoms with Crippen LogP contribution in [0.15, 0.2) is 46.7 Å². The predicted molar refractivity (Wildman–Crippen MR) is 294 cm³/mol. The normalized spacial score (nSPS) is 12.7. The lowest BCUT2D eigenvalue weighted by Crippen LogP contribution is -2.50. The molecule has 79 heavy (non-hydrogen) atoms. The van der Waals surface area contributed by atoms with E-state index in [4.69, 9.17) is 9.47 Å². The number of carbonyl (C=O) groups is 10. The Hall–Kier alpha value is -6.80. The summed E-state index contributed by atoms with van der Waals surface area (Å²) in [5, 5.41) is 42.8. The van der Waals surface area contributed by atoms with Gasteiger partial charge in [-0.2, -0.15) is 0 Å². The fourth-order valence-corrected chi connectivity index (χ4v) is 10.8. The maximum absolute atomic E-state index is 13.3. The average Bonchev–Trinajstić information content (AvgIpc) is 3.33. The van der Waals surface area contributed by atoms with Crippen molar-refractivity contribution in [3.05, 3.63) is 56.9 Å². The fourth-order valence-electron chi connectivity index (χ4n) is 6.37. The van der Waals surface area contributed by atoms with Crippen LogP contribution < -0.4 is 42.5 Å². The Morgan fingerprint density at radius 1 is 0.544 bits per heavy atom. The van der Waals surface area contributed by atoms with Crippen LogP contribution >= 0.6 is 43.2 Å². The van der Waals surface area contributed by atoms with Crippen molar-refractivity contribution < 1.29 is 67.3 Å². The molecule has 0 saturated carbocycles. The summed E-state index contributed by atoms with van der Waals surface area (Å²) < 4.78 is 10.6. The molecular weight excluding hydrogens is 1120 g/mol. The Balaban J connectivity index is 1.95. The zero-order chi connectivity index (χ0) is 59.3. The van der Waals surface area contributed by atoms with Crippen molar-refractivity contribution in [1.82, 2.24) is 52.5 Å². The highest BCUT2D eigenvalue weighted by Crippen LogP contribution is 2.37. The zero-order valence-electron chi connectivity index (χ0n) is 44.9.